The van der Waals surface area contributed by atoms with Crippen molar-refractivity contribution >= 4 is 39.6 Å². The molecule has 150 valence electrons. The molecule has 0 aliphatic carbocycles. The van der Waals surface area contributed by atoms with Crippen molar-refractivity contribution in [3.8, 4) is 11.8 Å². The van der Waals surface area contributed by atoms with E-state index >= 15 is 0 Å². The molecular weight excluding hydrogens is 457 g/mol. The molecule has 0 saturated carbocycles. The van der Waals surface area contributed by atoms with Gasteiger partial charge in [-0.05, 0) is 42.5 Å². The van der Waals surface area contributed by atoms with Gasteiger partial charge in [0.05, 0.1) is 5.56 Å². The van der Waals surface area contributed by atoms with Gasteiger partial charge >= 0.3 is 12.1 Å². The van der Waals surface area contributed by atoms with Gasteiger partial charge in [0, 0.05) is 15.7 Å². The van der Waals surface area contributed by atoms with Gasteiger partial charge in [0.1, 0.15) is 17.4 Å². The third kappa shape index (κ3) is 6.36. The number of carbonyl (C=O) groups is 2. The van der Waals surface area contributed by atoms with E-state index in [-0.39, 0.29) is 17.0 Å². The number of carboxylic acids is 1. The van der Waals surface area contributed by atoms with Gasteiger partial charge in [0.15, 0.2) is 6.61 Å². The Bertz CT molecular complexity index is 1010. The summed E-state index contributed by atoms with van der Waals surface area (Å²) >= 11 is 3.21. The number of carbonyl (C=O) groups excluding carboxylic acids is 1. The van der Waals surface area contributed by atoms with Crippen molar-refractivity contribution in [2.45, 2.75) is 6.18 Å². The summed E-state index contributed by atoms with van der Waals surface area (Å²) in [6.07, 6.45) is -3.44. The molecular formula is C19H12BrF3N2O4. The highest BCUT2D eigenvalue weighted by molar-refractivity contribution is 9.10. The maximum Gasteiger partial charge on any atom is 0.416 e. The van der Waals surface area contributed by atoms with Crippen LogP contribution < -0.4 is 10.1 Å². The number of hydrogen-bond donors (Lipinski definition) is 2. The van der Waals surface area contributed by atoms with Crippen LogP contribution in [0.4, 0.5) is 18.9 Å². The fraction of sp³-hybridized carbons (Fsp3) is 0.105. The number of carboxylic acid groups (broad SMARTS) is 1. The molecule has 0 fully saturated rings. The molecule has 10 heteroatoms. The number of halogens is 4. The van der Waals surface area contributed by atoms with E-state index in [1.807, 2.05) is 0 Å². The molecule has 0 aliphatic rings. The summed E-state index contributed by atoms with van der Waals surface area (Å²) in [6.45, 7) is -0.638. The first-order chi connectivity index (χ1) is 13.6. The molecule has 0 heterocycles. The quantitative estimate of drug-likeness (QED) is 0.480. The molecule has 2 rings (SSSR count). The van der Waals surface area contributed by atoms with E-state index in [1.165, 1.54) is 18.2 Å². The van der Waals surface area contributed by atoms with Crippen LogP contribution in [0.15, 0.2) is 52.5 Å². The number of hydrogen-bond acceptors (Lipinski definition) is 4. The zero-order valence-corrected chi connectivity index (χ0v) is 16.0. The van der Waals surface area contributed by atoms with Crippen LogP contribution in [0, 0.1) is 11.3 Å². The van der Waals surface area contributed by atoms with Crippen molar-refractivity contribution in [3.05, 3.63) is 63.6 Å². The lowest BCUT2D eigenvalue weighted by Gasteiger charge is -2.10. The van der Waals surface area contributed by atoms with E-state index in [2.05, 4.69) is 21.2 Å². The number of ether oxygens (including phenoxy) is 1. The lowest BCUT2D eigenvalue weighted by molar-refractivity contribution is -0.139. The number of rotatable bonds is 6. The summed E-state index contributed by atoms with van der Waals surface area (Å²) in [5.41, 5.74) is -1.27. The number of nitriles is 1. The Hall–Kier alpha value is -3.32. The minimum absolute atomic E-state index is 0.107. The molecule has 2 aromatic carbocycles. The van der Waals surface area contributed by atoms with Crippen LogP contribution in [0.25, 0.3) is 6.08 Å². The van der Waals surface area contributed by atoms with Crippen LogP contribution in [0.5, 0.6) is 5.75 Å². The average molecular weight is 469 g/mol. The van der Waals surface area contributed by atoms with Crippen molar-refractivity contribution in [2.24, 2.45) is 0 Å². The van der Waals surface area contributed by atoms with Crippen molar-refractivity contribution in [1.82, 2.24) is 0 Å². The van der Waals surface area contributed by atoms with E-state index in [4.69, 9.17) is 9.84 Å². The highest BCUT2D eigenvalue weighted by atomic mass is 79.9. The maximum absolute atomic E-state index is 12.8. The topological polar surface area (TPSA) is 99.4 Å². The minimum atomic E-state index is -4.58. The van der Waals surface area contributed by atoms with Gasteiger partial charge in [-0.15, -0.1) is 0 Å². The van der Waals surface area contributed by atoms with Crippen LogP contribution in [0.2, 0.25) is 0 Å². The zero-order chi connectivity index (χ0) is 21.6. The van der Waals surface area contributed by atoms with Crippen LogP contribution >= 0.6 is 15.9 Å². The normalized spacial score (nSPS) is 11.5. The Morgan fingerprint density at radius 1 is 1.24 bits per heavy atom. The fourth-order valence-corrected chi connectivity index (χ4v) is 2.56. The molecule has 0 unspecified atom stereocenters. The van der Waals surface area contributed by atoms with Crippen molar-refractivity contribution in [1.29, 1.82) is 5.26 Å². The zero-order valence-electron chi connectivity index (χ0n) is 14.5. The molecule has 0 spiro atoms. The molecule has 29 heavy (non-hydrogen) atoms. The van der Waals surface area contributed by atoms with Gasteiger partial charge in [0.2, 0.25) is 0 Å². The minimum Gasteiger partial charge on any atom is -0.481 e. The predicted octanol–water partition coefficient (Wildman–Crippen LogP) is 4.48. The molecule has 0 radical (unpaired) electrons. The third-order valence-electron chi connectivity index (χ3n) is 3.44. The summed E-state index contributed by atoms with van der Waals surface area (Å²) in [5.74, 6) is -2.04. The molecule has 6 nitrogen and oxygen atoms in total. The Morgan fingerprint density at radius 3 is 2.59 bits per heavy atom. The van der Waals surface area contributed by atoms with Gasteiger partial charge < -0.3 is 15.2 Å². The Balaban J connectivity index is 2.31. The highest BCUT2D eigenvalue weighted by Crippen LogP contribution is 2.31. The summed E-state index contributed by atoms with van der Waals surface area (Å²) in [5, 5.41) is 20.3. The van der Waals surface area contributed by atoms with Crippen molar-refractivity contribution in [2.75, 3.05) is 11.9 Å². The molecule has 0 aliphatic heterocycles. The van der Waals surface area contributed by atoms with Crippen LogP contribution in [-0.2, 0) is 15.8 Å². The second-order valence-corrected chi connectivity index (χ2v) is 6.48. The number of aliphatic carboxylic acids is 1. The maximum atomic E-state index is 12.8. The van der Waals surface area contributed by atoms with E-state index < -0.39 is 35.8 Å². The van der Waals surface area contributed by atoms with Gasteiger partial charge in [-0.3, -0.25) is 4.79 Å². The second kappa shape index (κ2) is 9.25. The van der Waals surface area contributed by atoms with E-state index in [9.17, 15) is 28.0 Å². The number of nitrogens with zero attached hydrogens (tertiary/aromatic N) is 1. The monoisotopic (exact) mass is 468 g/mol. The van der Waals surface area contributed by atoms with E-state index in [0.717, 1.165) is 24.3 Å². The standard InChI is InChI=1S/C19H12BrF3N2O4/c20-14-4-5-16(29-10-17(26)27)11(7-14)6-12(9-24)18(28)25-15-3-1-2-13(8-15)19(21,22)23/h1-8H,10H2,(H,25,28)(H,26,27)/b12-6+. The fourth-order valence-electron chi connectivity index (χ4n) is 2.18. The second-order valence-electron chi connectivity index (χ2n) is 5.57. The summed E-state index contributed by atoms with van der Waals surface area (Å²) < 4.78 is 44.1. The molecule has 0 atom stereocenters. The molecule has 0 aromatic heterocycles. The van der Waals surface area contributed by atoms with Crippen LogP contribution in [0.1, 0.15) is 11.1 Å². The van der Waals surface area contributed by atoms with Gasteiger partial charge in [-0.1, -0.05) is 22.0 Å². The number of benzene rings is 2. The SMILES string of the molecule is N#C/C(=C\c1cc(Br)ccc1OCC(=O)O)C(=O)Nc1cccc(C(F)(F)F)c1. The van der Waals surface area contributed by atoms with Crippen molar-refractivity contribution < 1.29 is 32.6 Å². The first-order valence-corrected chi connectivity index (χ1v) is 8.64. The molecule has 2 aromatic rings. The first-order valence-electron chi connectivity index (χ1n) is 7.84. The first kappa shape index (κ1) is 22.0. The van der Waals surface area contributed by atoms with Crippen LogP contribution in [-0.4, -0.2) is 23.6 Å². The lowest BCUT2D eigenvalue weighted by Crippen LogP contribution is -2.14. The third-order valence-corrected chi connectivity index (χ3v) is 3.93. The summed E-state index contributed by atoms with van der Waals surface area (Å²) in [4.78, 5) is 23.0. The summed E-state index contributed by atoms with van der Waals surface area (Å²) in [6, 6.07) is 10.1. The average Bonchev–Trinajstić information content (AvgIpc) is 2.64. The number of nitrogens with one attached hydrogen (secondary N) is 1. The number of amides is 1. The largest absolute Gasteiger partial charge is 0.481 e. The van der Waals surface area contributed by atoms with E-state index in [0.29, 0.717) is 4.47 Å². The molecule has 0 saturated heterocycles. The lowest BCUT2D eigenvalue weighted by atomic mass is 10.1. The Kier molecular flexibility index (Phi) is 7.01. The van der Waals surface area contributed by atoms with Crippen molar-refractivity contribution in [3.63, 3.8) is 0 Å². The Morgan fingerprint density at radius 2 is 1.97 bits per heavy atom. The Labute approximate surface area is 171 Å². The van der Waals surface area contributed by atoms with Gasteiger partial charge in [-0.25, -0.2) is 4.79 Å². The number of alkyl halides is 3. The molecule has 2 N–H and O–H groups in total. The molecule has 0 bridgehead atoms. The predicted molar refractivity (Wildman–Crippen MR) is 101 cm³/mol. The molecule has 1 amide bonds. The van der Waals surface area contributed by atoms with Crippen LogP contribution in [0.3, 0.4) is 0 Å². The summed E-state index contributed by atoms with van der Waals surface area (Å²) in [7, 11) is 0. The number of anilines is 1. The highest BCUT2D eigenvalue weighted by Gasteiger charge is 2.30. The van der Waals surface area contributed by atoms with E-state index in [1.54, 1.807) is 12.1 Å². The smallest absolute Gasteiger partial charge is 0.416 e. The van der Waals surface area contributed by atoms with Gasteiger partial charge in [-0.2, -0.15) is 18.4 Å². The van der Waals surface area contributed by atoms with Gasteiger partial charge in [0.25, 0.3) is 5.91 Å².